The zero-order valence-corrected chi connectivity index (χ0v) is 11.2. The van der Waals surface area contributed by atoms with Crippen LogP contribution in [0.5, 0.6) is 11.6 Å². The van der Waals surface area contributed by atoms with Gasteiger partial charge in [0.05, 0.1) is 4.90 Å². The quantitative estimate of drug-likeness (QED) is 0.815. The molecule has 0 aliphatic rings. The number of hydrogen-bond donors (Lipinski definition) is 0. The Bertz CT molecular complexity index is 656. The number of nitrogens with zero attached hydrogens (tertiary/aromatic N) is 1. The molecule has 1 aromatic heterocycles. The Labute approximate surface area is 114 Å². The molecule has 7 heteroatoms. The molecule has 0 spiro atoms. The molecule has 0 aliphatic heterocycles. The summed E-state index contributed by atoms with van der Waals surface area (Å²) in [5, 5.41) is 0.367. The van der Waals surface area contributed by atoms with Gasteiger partial charge in [-0.05, 0) is 36.4 Å². The van der Waals surface area contributed by atoms with Crippen molar-refractivity contribution in [1.82, 2.24) is 4.98 Å². The van der Waals surface area contributed by atoms with E-state index in [0.717, 1.165) is 0 Å². The molecule has 0 aliphatic carbocycles. The van der Waals surface area contributed by atoms with E-state index in [4.69, 9.17) is 27.0 Å². The van der Waals surface area contributed by atoms with Crippen LogP contribution in [0.4, 0.5) is 0 Å². The molecule has 0 N–H and O–H groups in total. The summed E-state index contributed by atoms with van der Waals surface area (Å²) in [7, 11) is 1.47. The Morgan fingerprint density at radius 1 is 1.11 bits per heavy atom. The fourth-order valence-corrected chi connectivity index (χ4v) is 2.16. The highest BCUT2D eigenvalue weighted by Crippen LogP contribution is 2.27. The molecule has 0 amide bonds. The highest BCUT2D eigenvalue weighted by Gasteiger charge is 2.10. The van der Waals surface area contributed by atoms with Crippen molar-refractivity contribution in [3.05, 3.63) is 47.6 Å². The SMILES string of the molecule is O=S(=O)(Cl)c1ccc(Oc2ncccc2Cl)cc1. The maximum Gasteiger partial charge on any atom is 0.261 e. The Balaban J connectivity index is 2.24. The van der Waals surface area contributed by atoms with Gasteiger partial charge < -0.3 is 4.74 Å². The molecule has 0 unspecified atom stereocenters. The second-order valence-electron chi connectivity index (χ2n) is 3.30. The Hall–Kier alpha value is -1.30. The first-order valence-electron chi connectivity index (χ1n) is 4.80. The summed E-state index contributed by atoms with van der Waals surface area (Å²) in [5.41, 5.74) is 0. The van der Waals surface area contributed by atoms with Gasteiger partial charge in [0, 0.05) is 16.9 Å². The standard InChI is InChI=1S/C11H7Cl2NO3S/c12-10-2-1-7-14-11(10)17-8-3-5-9(6-4-8)18(13,15)16/h1-7H. The van der Waals surface area contributed by atoms with E-state index in [-0.39, 0.29) is 10.8 Å². The number of halogens is 2. The zero-order valence-electron chi connectivity index (χ0n) is 8.88. The predicted molar refractivity (Wildman–Crippen MR) is 68.8 cm³/mol. The third kappa shape index (κ3) is 3.13. The topological polar surface area (TPSA) is 56.3 Å². The van der Waals surface area contributed by atoms with E-state index >= 15 is 0 Å². The van der Waals surface area contributed by atoms with Crippen molar-refractivity contribution in [1.29, 1.82) is 0 Å². The van der Waals surface area contributed by atoms with Crippen LogP contribution in [0.2, 0.25) is 5.02 Å². The minimum Gasteiger partial charge on any atom is -0.438 e. The lowest BCUT2D eigenvalue weighted by molar-refractivity contribution is 0.463. The molecule has 0 atom stereocenters. The highest BCUT2D eigenvalue weighted by atomic mass is 35.7. The molecule has 18 heavy (non-hydrogen) atoms. The molecule has 0 saturated heterocycles. The molecule has 1 aromatic carbocycles. The lowest BCUT2D eigenvalue weighted by Gasteiger charge is -2.06. The Morgan fingerprint density at radius 2 is 1.78 bits per heavy atom. The first kappa shape index (κ1) is 13.1. The van der Waals surface area contributed by atoms with Crippen LogP contribution >= 0.6 is 22.3 Å². The number of aromatic nitrogens is 1. The van der Waals surface area contributed by atoms with E-state index in [0.29, 0.717) is 10.8 Å². The number of hydrogen-bond acceptors (Lipinski definition) is 4. The van der Waals surface area contributed by atoms with Gasteiger partial charge in [0.1, 0.15) is 10.8 Å². The molecular weight excluding hydrogens is 297 g/mol. The van der Waals surface area contributed by atoms with Crippen LogP contribution in [0, 0.1) is 0 Å². The van der Waals surface area contributed by atoms with E-state index in [1.807, 2.05) is 0 Å². The van der Waals surface area contributed by atoms with Crippen LogP contribution in [0.25, 0.3) is 0 Å². The van der Waals surface area contributed by atoms with Gasteiger partial charge in [-0.1, -0.05) is 11.6 Å². The molecule has 94 valence electrons. The average Bonchev–Trinajstić information content (AvgIpc) is 2.32. The van der Waals surface area contributed by atoms with Crippen molar-refractivity contribution < 1.29 is 13.2 Å². The third-order valence-electron chi connectivity index (χ3n) is 2.04. The second-order valence-corrected chi connectivity index (χ2v) is 6.27. The van der Waals surface area contributed by atoms with Gasteiger partial charge in [-0.15, -0.1) is 0 Å². The van der Waals surface area contributed by atoms with Gasteiger partial charge in [0.25, 0.3) is 9.05 Å². The summed E-state index contributed by atoms with van der Waals surface area (Å²) >= 11 is 5.87. The largest absolute Gasteiger partial charge is 0.438 e. The van der Waals surface area contributed by atoms with Gasteiger partial charge in [-0.25, -0.2) is 13.4 Å². The first-order valence-corrected chi connectivity index (χ1v) is 7.48. The molecule has 0 radical (unpaired) electrons. The number of benzene rings is 1. The summed E-state index contributed by atoms with van der Waals surface area (Å²) in [6.07, 6.45) is 1.54. The van der Waals surface area contributed by atoms with E-state index in [1.54, 1.807) is 18.3 Å². The van der Waals surface area contributed by atoms with Crippen molar-refractivity contribution in [3.63, 3.8) is 0 Å². The Kier molecular flexibility index (Phi) is 3.75. The molecule has 4 nitrogen and oxygen atoms in total. The normalized spacial score (nSPS) is 11.2. The Morgan fingerprint density at radius 3 is 2.33 bits per heavy atom. The highest BCUT2D eigenvalue weighted by molar-refractivity contribution is 8.13. The molecule has 0 fully saturated rings. The van der Waals surface area contributed by atoms with E-state index in [9.17, 15) is 8.42 Å². The van der Waals surface area contributed by atoms with Crippen LogP contribution in [0.15, 0.2) is 47.5 Å². The fraction of sp³-hybridized carbons (Fsp3) is 0. The van der Waals surface area contributed by atoms with Crippen LogP contribution in [-0.2, 0) is 9.05 Å². The summed E-state index contributed by atoms with van der Waals surface area (Å²) in [6, 6.07) is 8.95. The van der Waals surface area contributed by atoms with Gasteiger partial charge in [-0.2, -0.15) is 0 Å². The molecular formula is C11H7Cl2NO3S. The minimum absolute atomic E-state index is 0.00337. The number of ether oxygens (including phenoxy) is 1. The van der Waals surface area contributed by atoms with Crippen LogP contribution in [0.3, 0.4) is 0 Å². The van der Waals surface area contributed by atoms with Crippen molar-refractivity contribution in [2.45, 2.75) is 4.90 Å². The molecule has 2 aromatic rings. The summed E-state index contributed by atoms with van der Waals surface area (Å²) in [6.45, 7) is 0. The van der Waals surface area contributed by atoms with E-state index in [2.05, 4.69) is 4.98 Å². The van der Waals surface area contributed by atoms with Crippen molar-refractivity contribution in [2.24, 2.45) is 0 Å². The van der Waals surface area contributed by atoms with E-state index in [1.165, 1.54) is 24.3 Å². The first-order chi connectivity index (χ1) is 8.47. The molecule has 0 saturated carbocycles. The maximum absolute atomic E-state index is 11.0. The molecule has 2 rings (SSSR count). The van der Waals surface area contributed by atoms with Crippen LogP contribution in [0.1, 0.15) is 0 Å². The number of rotatable bonds is 3. The van der Waals surface area contributed by atoms with Gasteiger partial charge in [0.15, 0.2) is 0 Å². The maximum atomic E-state index is 11.0. The lowest BCUT2D eigenvalue weighted by atomic mass is 10.3. The second kappa shape index (κ2) is 5.14. The zero-order chi connectivity index (χ0) is 13.2. The minimum atomic E-state index is -3.73. The van der Waals surface area contributed by atoms with Gasteiger partial charge in [0.2, 0.25) is 5.88 Å². The number of pyridine rings is 1. The monoisotopic (exact) mass is 303 g/mol. The summed E-state index contributed by atoms with van der Waals surface area (Å²) in [5.74, 6) is 0.667. The average molecular weight is 304 g/mol. The third-order valence-corrected chi connectivity index (χ3v) is 3.70. The van der Waals surface area contributed by atoms with Gasteiger partial charge >= 0.3 is 0 Å². The van der Waals surface area contributed by atoms with Crippen LogP contribution in [-0.4, -0.2) is 13.4 Å². The van der Waals surface area contributed by atoms with E-state index < -0.39 is 9.05 Å². The molecule has 1 heterocycles. The summed E-state index contributed by atoms with van der Waals surface area (Å²) in [4.78, 5) is 3.95. The van der Waals surface area contributed by atoms with Crippen LogP contribution < -0.4 is 4.74 Å². The predicted octanol–water partition coefficient (Wildman–Crippen LogP) is 3.45. The van der Waals surface area contributed by atoms with Crippen molar-refractivity contribution in [2.75, 3.05) is 0 Å². The van der Waals surface area contributed by atoms with Crippen molar-refractivity contribution >= 4 is 31.3 Å². The molecule has 0 bridgehead atoms. The summed E-state index contributed by atoms with van der Waals surface area (Å²) < 4.78 is 27.5. The smallest absolute Gasteiger partial charge is 0.261 e. The fourth-order valence-electron chi connectivity index (χ4n) is 1.23. The lowest BCUT2D eigenvalue weighted by Crippen LogP contribution is -1.91. The van der Waals surface area contributed by atoms with Gasteiger partial charge in [-0.3, -0.25) is 0 Å². The van der Waals surface area contributed by atoms with Crippen molar-refractivity contribution in [3.8, 4) is 11.6 Å².